The number of amides is 2. The van der Waals surface area contributed by atoms with Crippen molar-refractivity contribution < 1.29 is 27.5 Å². The molecular formula is C25H22F3N5O3. The van der Waals surface area contributed by atoms with E-state index >= 15 is 0 Å². The number of carbonyl (C=O) groups excluding carboxylic acids is 2. The lowest BCUT2D eigenvalue weighted by atomic mass is 10.1. The molecule has 2 heterocycles. The third-order valence-electron chi connectivity index (χ3n) is 5.41. The molecule has 4 N–H and O–H groups in total. The van der Waals surface area contributed by atoms with Crippen LogP contribution in [0.3, 0.4) is 0 Å². The van der Waals surface area contributed by atoms with E-state index in [-0.39, 0.29) is 5.69 Å². The maximum atomic E-state index is 12.9. The highest BCUT2D eigenvalue weighted by Gasteiger charge is 2.30. The van der Waals surface area contributed by atoms with Crippen LogP contribution in [0.15, 0.2) is 60.8 Å². The van der Waals surface area contributed by atoms with E-state index in [2.05, 4.69) is 25.9 Å². The minimum Gasteiger partial charge on any atom is -0.464 e. The van der Waals surface area contributed by atoms with Gasteiger partial charge in [0.1, 0.15) is 11.3 Å². The molecule has 11 heteroatoms. The molecule has 2 amide bonds. The smallest absolute Gasteiger partial charge is 0.416 e. The summed E-state index contributed by atoms with van der Waals surface area (Å²) in [6.07, 6.45) is -2.88. The Morgan fingerprint density at radius 2 is 1.75 bits per heavy atom. The summed E-state index contributed by atoms with van der Waals surface area (Å²) in [5.74, 6) is -0.487. The number of nitrogens with one attached hydrogen (secondary N) is 4. The average molecular weight is 497 g/mol. The molecule has 186 valence electrons. The van der Waals surface area contributed by atoms with Gasteiger partial charge in [-0.1, -0.05) is 12.1 Å². The first-order chi connectivity index (χ1) is 17.1. The lowest BCUT2D eigenvalue weighted by molar-refractivity contribution is -0.137. The molecular weight excluding hydrogens is 475 g/mol. The van der Waals surface area contributed by atoms with Gasteiger partial charge in [-0.15, -0.1) is 0 Å². The number of anilines is 3. The van der Waals surface area contributed by atoms with Crippen LogP contribution in [0.2, 0.25) is 0 Å². The number of hydrogen-bond acceptors (Lipinski definition) is 5. The second-order valence-corrected chi connectivity index (χ2v) is 7.99. The Morgan fingerprint density at radius 3 is 2.47 bits per heavy atom. The summed E-state index contributed by atoms with van der Waals surface area (Å²) < 4.78 is 43.4. The third-order valence-corrected chi connectivity index (χ3v) is 5.41. The molecule has 0 fully saturated rings. The molecule has 4 aromatic rings. The molecule has 36 heavy (non-hydrogen) atoms. The number of hydrogen-bond donors (Lipinski definition) is 4. The Balaban J connectivity index is 1.41. The number of aromatic amines is 1. The average Bonchev–Trinajstić information content (AvgIpc) is 3.27. The zero-order valence-electron chi connectivity index (χ0n) is 19.3. The van der Waals surface area contributed by atoms with Crippen LogP contribution in [0.25, 0.3) is 11.0 Å². The molecule has 2 aromatic heterocycles. The number of urea groups is 1. The molecule has 0 spiro atoms. The first kappa shape index (κ1) is 24.6. The fourth-order valence-corrected chi connectivity index (χ4v) is 3.54. The van der Waals surface area contributed by atoms with E-state index in [0.717, 1.165) is 34.3 Å². The minimum atomic E-state index is -4.50. The molecule has 2 aromatic carbocycles. The number of aromatic nitrogens is 2. The number of esters is 1. The fourth-order valence-electron chi connectivity index (χ4n) is 3.54. The number of ether oxygens (including phenoxy) is 1. The van der Waals surface area contributed by atoms with Crippen molar-refractivity contribution in [3.05, 3.63) is 83.2 Å². The van der Waals surface area contributed by atoms with Gasteiger partial charge in [0.2, 0.25) is 0 Å². The summed E-state index contributed by atoms with van der Waals surface area (Å²) in [7, 11) is 1.30. The predicted molar refractivity (Wildman–Crippen MR) is 130 cm³/mol. The van der Waals surface area contributed by atoms with Crippen LogP contribution in [0.4, 0.5) is 35.0 Å². The van der Waals surface area contributed by atoms with Crippen LogP contribution < -0.4 is 16.0 Å². The predicted octanol–water partition coefficient (Wildman–Crippen LogP) is 5.93. The first-order valence-electron chi connectivity index (χ1n) is 10.8. The highest BCUT2D eigenvalue weighted by molar-refractivity contribution is 6.00. The topological polar surface area (TPSA) is 108 Å². The van der Waals surface area contributed by atoms with Crippen LogP contribution in [0.5, 0.6) is 0 Å². The summed E-state index contributed by atoms with van der Waals surface area (Å²) in [5, 5.41) is 9.05. The molecule has 4 rings (SSSR count). The highest BCUT2D eigenvalue weighted by atomic mass is 19.4. The number of H-pyrrole nitrogens is 1. The summed E-state index contributed by atoms with van der Waals surface area (Å²) >= 11 is 0. The van der Waals surface area contributed by atoms with Gasteiger partial charge in [0.15, 0.2) is 0 Å². The van der Waals surface area contributed by atoms with E-state index in [4.69, 9.17) is 4.74 Å². The molecule has 0 aliphatic heterocycles. The lowest BCUT2D eigenvalue weighted by Crippen LogP contribution is -2.20. The standard InChI is InChI=1S/C25H22F3N5O3/c1-14-6-7-19(32-24(35)31-18-5-3-4-17(11-18)25(26,27)28)9-16(14)12-29-20-8-15-10-21(23(34)36-2)33-22(15)30-13-20/h3-11,13,29H,12H2,1-2H3,(H,30,33)(H2,31,32,35). The molecule has 0 aliphatic carbocycles. The van der Waals surface area contributed by atoms with Gasteiger partial charge in [-0.3, -0.25) is 0 Å². The molecule has 0 unspecified atom stereocenters. The minimum absolute atomic E-state index is 0.0272. The maximum Gasteiger partial charge on any atom is 0.416 e. The van der Waals surface area contributed by atoms with E-state index in [1.165, 1.54) is 19.2 Å². The largest absolute Gasteiger partial charge is 0.464 e. The zero-order valence-corrected chi connectivity index (χ0v) is 19.3. The Hall–Kier alpha value is -4.54. The third kappa shape index (κ3) is 5.74. The van der Waals surface area contributed by atoms with Crippen molar-refractivity contribution in [2.24, 2.45) is 0 Å². The van der Waals surface area contributed by atoms with Crippen LogP contribution in [-0.2, 0) is 17.5 Å². The Morgan fingerprint density at radius 1 is 1.00 bits per heavy atom. The molecule has 8 nitrogen and oxygen atoms in total. The fraction of sp³-hybridized carbons (Fsp3) is 0.160. The van der Waals surface area contributed by atoms with Crippen LogP contribution in [0.1, 0.15) is 27.2 Å². The normalized spacial score (nSPS) is 11.2. The number of carbonyl (C=O) groups is 2. The Kier molecular flexibility index (Phi) is 6.82. The van der Waals surface area contributed by atoms with Gasteiger partial charge >= 0.3 is 18.2 Å². The number of nitrogens with zero attached hydrogens (tertiary/aromatic N) is 1. The van der Waals surface area contributed by atoms with Crippen molar-refractivity contribution in [2.45, 2.75) is 19.6 Å². The van der Waals surface area contributed by atoms with Crippen molar-refractivity contribution in [1.29, 1.82) is 0 Å². The number of rotatable bonds is 6. The second-order valence-electron chi connectivity index (χ2n) is 7.99. The monoisotopic (exact) mass is 497 g/mol. The van der Waals surface area contributed by atoms with E-state index in [1.54, 1.807) is 24.4 Å². The number of aryl methyl sites for hydroxylation is 1. The Labute approximate surface area is 203 Å². The van der Waals surface area contributed by atoms with Gasteiger partial charge in [0, 0.05) is 23.3 Å². The van der Waals surface area contributed by atoms with Gasteiger partial charge in [0.25, 0.3) is 0 Å². The van der Waals surface area contributed by atoms with E-state index in [1.807, 2.05) is 19.1 Å². The van der Waals surface area contributed by atoms with Gasteiger partial charge in [-0.25, -0.2) is 14.6 Å². The van der Waals surface area contributed by atoms with Crippen molar-refractivity contribution in [2.75, 3.05) is 23.1 Å². The number of methoxy groups -OCH3 is 1. The second kappa shape index (κ2) is 9.98. The summed E-state index contributed by atoms with van der Waals surface area (Å²) in [6.45, 7) is 2.33. The van der Waals surface area contributed by atoms with E-state index < -0.39 is 23.7 Å². The Bertz CT molecular complexity index is 1430. The lowest BCUT2D eigenvalue weighted by Gasteiger charge is -2.13. The molecule has 0 aliphatic rings. The van der Waals surface area contributed by atoms with Gasteiger partial charge in [-0.05, 0) is 60.5 Å². The number of pyridine rings is 1. The summed E-state index contributed by atoms with van der Waals surface area (Å²) in [6, 6.07) is 12.5. The summed E-state index contributed by atoms with van der Waals surface area (Å²) in [5.41, 5.74) is 3.08. The van der Waals surface area contributed by atoms with Crippen LogP contribution >= 0.6 is 0 Å². The molecule has 0 radical (unpaired) electrons. The number of fused-ring (bicyclic) bond motifs is 1. The summed E-state index contributed by atoms with van der Waals surface area (Å²) in [4.78, 5) is 31.3. The first-order valence-corrected chi connectivity index (χ1v) is 10.8. The quantitative estimate of drug-likeness (QED) is 0.247. The van der Waals surface area contributed by atoms with Crippen LogP contribution in [-0.4, -0.2) is 29.1 Å². The van der Waals surface area contributed by atoms with Gasteiger partial charge < -0.3 is 25.7 Å². The van der Waals surface area contributed by atoms with Crippen molar-refractivity contribution >= 4 is 40.1 Å². The van der Waals surface area contributed by atoms with Crippen molar-refractivity contribution in [1.82, 2.24) is 9.97 Å². The molecule has 0 bridgehead atoms. The number of alkyl halides is 3. The van der Waals surface area contributed by atoms with Crippen molar-refractivity contribution in [3.8, 4) is 0 Å². The van der Waals surface area contributed by atoms with Crippen molar-refractivity contribution in [3.63, 3.8) is 0 Å². The zero-order chi connectivity index (χ0) is 25.9. The van der Waals surface area contributed by atoms with Gasteiger partial charge in [-0.2, -0.15) is 13.2 Å². The van der Waals surface area contributed by atoms with E-state index in [9.17, 15) is 22.8 Å². The number of benzene rings is 2. The molecule has 0 saturated carbocycles. The maximum absolute atomic E-state index is 12.9. The molecule has 0 atom stereocenters. The molecule has 0 saturated heterocycles. The SMILES string of the molecule is COC(=O)c1cc2cc(NCc3cc(NC(=O)Nc4cccc(C(F)(F)F)c4)ccc3C)cnc2[nH]1. The highest BCUT2D eigenvalue weighted by Crippen LogP contribution is 2.30. The van der Waals surface area contributed by atoms with Crippen LogP contribution in [0, 0.1) is 6.92 Å². The van der Waals surface area contributed by atoms with E-state index in [0.29, 0.717) is 23.6 Å². The number of halogens is 3. The van der Waals surface area contributed by atoms with Gasteiger partial charge in [0.05, 0.1) is 24.6 Å².